The summed E-state index contributed by atoms with van der Waals surface area (Å²) in [5.74, 6) is 0.666. The summed E-state index contributed by atoms with van der Waals surface area (Å²) in [5.41, 5.74) is 4.48. The highest BCUT2D eigenvalue weighted by molar-refractivity contribution is 5.59. The summed E-state index contributed by atoms with van der Waals surface area (Å²) < 4.78 is 0. The van der Waals surface area contributed by atoms with Gasteiger partial charge in [-0.25, -0.2) is 0 Å². The number of nitrogens with one attached hydrogen (secondary N) is 1. The van der Waals surface area contributed by atoms with Gasteiger partial charge in [0.15, 0.2) is 0 Å². The van der Waals surface area contributed by atoms with E-state index in [0.29, 0.717) is 5.92 Å². The summed E-state index contributed by atoms with van der Waals surface area (Å²) in [6, 6.07) is 6.85. The SMILES string of the molecule is CC1CNc2cc(C(C)(C)C)ccc21. The maximum Gasteiger partial charge on any atom is 0.0379 e. The predicted molar refractivity (Wildman–Crippen MR) is 62.0 cm³/mol. The molecule has 0 spiro atoms. The summed E-state index contributed by atoms with van der Waals surface area (Å²) in [4.78, 5) is 0. The van der Waals surface area contributed by atoms with Crippen LogP contribution in [0.4, 0.5) is 5.69 Å². The quantitative estimate of drug-likeness (QED) is 0.658. The molecular formula is C13H19N. The molecular weight excluding hydrogens is 170 g/mol. The number of benzene rings is 1. The lowest BCUT2D eigenvalue weighted by Gasteiger charge is -2.20. The number of hydrogen-bond donors (Lipinski definition) is 1. The monoisotopic (exact) mass is 189 g/mol. The van der Waals surface area contributed by atoms with Crippen molar-refractivity contribution in [1.29, 1.82) is 0 Å². The first-order valence-corrected chi connectivity index (χ1v) is 5.37. The van der Waals surface area contributed by atoms with E-state index in [9.17, 15) is 0 Å². The average Bonchev–Trinajstić information content (AvgIpc) is 2.46. The van der Waals surface area contributed by atoms with E-state index in [-0.39, 0.29) is 5.41 Å². The minimum atomic E-state index is 0.253. The molecule has 0 aromatic heterocycles. The lowest BCUT2D eigenvalue weighted by Crippen LogP contribution is -2.11. The molecule has 1 aliphatic rings. The largest absolute Gasteiger partial charge is 0.384 e. The van der Waals surface area contributed by atoms with Crippen molar-refractivity contribution in [2.75, 3.05) is 11.9 Å². The van der Waals surface area contributed by atoms with Crippen LogP contribution in [0.25, 0.3) is 0 Å². The Morgan fingerprint density at radius 3 is 2.64 bits per heavy atom. The van der Waals surface area contributed by atoms with Crippen LogP contribution in [0, 0.1) is 0 Å². The normalized spacial score (nSPS) is 20.4. The standard InChI is InChI=1S/C13H19N/c1-9-8-14-12-7-10(13(2,3)4)5-6-11(9)12/h5-7,9,14H,8H2,1-4H3. The van der Waals surface area contributed by atoms with Crippen LogP contribution in [0.5, 0.6) is 0 Å². The van der Waals surface area contributed by atoms with Crippen molar-refractivity contribution >= 4 is 5.69 Å². The lowest BCUT2D eigenvalue weighted by atomic mass is 9.85. The van der Waals surface area contributed by atoms with Gasteiger partial charge >= 0.3 is 0 Å². The summed E-state index contributed by atoms with van der Waals surface area (Å²) in [6.45, 7) is 10.1. The molecule has 1 atom stereocenters. The van der Waals surface area contributed by atoms with Gasteiger partial charge in [0.25, 0.3) is 0 Å². The molecule has 0 bridgehead atoms. The summed E-state index contributed by atoms with van der Waals surface area (Å²) in [5, 5.41) is 3.46. The molecule has 0 fully saturated rings. The van der Waals surface area contributed by atoms with Gasteiger partial charge in [-0.15, -0.1) is 0 Å². The van der Waals surface area contributed by atoms with E-state index in [1.165, 1.54) is 16.8 Å². The molecule has 1 nitrogen and oxygen atoms in total. The smallest absolute Gasteiger partial charge is 0.0379 e. The highest BCUT2D eigenvalue weighted by atomic mass is 14.9. The number of hydrogen-bond acceptors (Lipinski definition) is 1. The molecule has 1 aromatic carbocycles. The van der Waals surface area contributed by atoms with E-state index in [2.05, 4.69) is 51.2 Å². The zero-order valence-electron chi connectivity index (χ0n) is 9.52. The molecule has 1 heterocycles. The van der Waals surface area contributed by atoms with Crippen LogP contribution in [0.3, 0.4) is 0 Å². The van der Waals surface area contributed by atoms with Gasteiger partial charge in [0.05, 0.1) is 0 Å². The third kappa shape index (κ3) is 1.52. The molecule has 0 saturated heterocycles. The molecule has 1 unspecified atom stereocenters. The third-order valence-corrected chi connectivity index (χ3v) is 3.05. The maximum absolute atomic E-state index is 3.46. The van der Waals surface area contributed by atoms with Crippen molar-refractivity contribution in [3.8, 4) is 0 Å². The molecule has 0 saturated carbocycles. The van der Waals surface area contributed by atoms with Crippen molar-refractivity contribution in [3.05, 3.63) is 29.3 Å². The number of fused-ring (bicyclic) bond motifs is 1. The fourth-order valence-electron chi connectivity index (χ4n) is 1.98. The second-order valence-electron chi connectivity index (χ2n) is 5.33. The topological polar surface area (TPSA) is 12.0 Å². The second kappa shape index (κ2) is 3.01. The second-order valence-corrected chi connectivity index (χ2v) is 5.33. The Kier molecular flexibility index (Phi) is 2.06. The molecule has 0 radical (unpaired) electrons. The molecule has 1 N–H and O–H groups in total. The third-order valence-electron chi connectivity index (χ3n) is 3.05. The molecule has 1 aliphatic heterocycles. The van der Waals surface area contributed by atoms with Crippen molar-refractivity contribution in [1.82, 2.24) is 0 Å². The molecule has 0 amide bonds. The van der Waals surface area contributed by atoms with Gasteiger partial charge < -0.3 is 5.32 Å². The fraction of sp³-hybridized carbons (Fsp3) is 0.538. The van der Waals surface area contributed by atoms with E-state index in [0.717, 1.165) is 6.54 Å². The van der Waals surface area contributed by atoms with Crippen LogP contribution in [0.15, 0.2) is 18.2 Å². The Morgan fingerprint density at radius 1 is 1.29 bits per heavy atom. The van der Waals surface area contributed by atoms with E-state index >= 15 is 0 Å². The van der Waals surface area contributed by atoms with Gasteiger partial charge in [-0.2, -0.15) is 0 Å². The van der Waals surface area contributed by atoms with Gasteiger partial charge in [-0.3, -0.25) is 0 Å². The first-order valence-electron chi connectivity index (χ1n) is 5.37. The zero-order valence-corrected chi connectivity index (χ0v) is 9.52. The molecule has 76 valence electrons. The molecule has 14 heavy (non-hydrogen) atoms. The Balaban J connectivity index is 2.42. The van der Waals surface area contributed by atoms with Crippen LogP contribution < -0.4 is 5.32 Å². The van der Waals surface area contributed by atoms with Crippen molar-refractivity contribution in [2.24, 2.45) is 0 Å². The van der Waals surface area contributed by atoms with Crippen molar-refractivity contribution in [2.45, 2.75) is 39.0 Å². The van der Waals surface area contributed by atoms with E-state index in [1.807, 2.05) is 0 Å². The molecule has 1 heteroatoms. The summed E-state index contributed by atoms with van der Waals surface area (Å²) in [7, 11) is 0. The minimum Gasteiger partial charge on any atom is -0.384 e. The Bertz CT molecular complexity index is 347. The van der Waals surface area contributed by atoms with Crippen LogP contribution >= 0.6 is 0 Å². The lowest BCUT2D eigenvalue weighted by molar-refractivity contribution is 0.590. The summed E-state index contributed by atoms with van der Waals surface area (Å²) >= 11 is 0. The Hall–Kier alpha value is -0.980. The molecule has 2 rings (SSSR count). The number of anilines is 1. The van der Waals surface area contributed by atoms with Crippen LogP contribution in [-0.4, -0.2) is 6.54 Å². The molecule has 1 aromatic rings. The van der Waals surface area contributed by atoms with Gasteiger partial charge in [0.1, 0.15) is 0 Å². The Morgan fingerprint density at radius 2 is 2.00 bits per heavy atom. The Labute approximate surface area is 86.5 Å². The number of rotatable bonds is 0. The van der Waals surface area contributed by atoms with E-state index < -0.39 is 0 Å². The van der Waals surface area contributed by atoms with Crippen LogP contribution in [-0.2, 0) is 5.41 Å². The highest BCUT2D eigenvalue weighted by Gasteiger charge is 2.21. The first kappa shape index (κ1) is 9.57. The van der Waals surface area contributed by atoms with E-state index in [4.69, 9.17) is 0 Å². The van der Waals surface area contributed by atoms with Gasteiger partial charge in [0, 0.05) is 18.2 Å². The highest BCUT2D eigenvalue weighted by Crippen LogP contribution is 2.34. The van der Waals surface area contributed by atoms with Gasteiger partial charge in [-0.05, 0) is 22.6 Å². The average molecular weight is 189 g/mol. The van der Waals surface area contributed by atoms with E-state index in [1.54, 1.807) is 0 Å². The maximum atomic E-state index is 3.46. The fourth-order valence-corrected chi connectivity index (χ4v) is 1.98. The van der Waals surface area contributed by atoms with Crippen molar-refractivity contribution in [3.63, 3.8) is 0 Å². The van der Waals surface area contributed by atoms with Crippen LogP contribution in [0.1, 0.15) is 44.7 Å². The first-order chi connectivity index (χ1) is 6.48. The molecule has 0 aliphatic carbocycles. The van der Waals surface area contributed by atoms with Gasteiger partial charge in [0.2, 0.25) is 0 Å². The predicted octanol–water partition coefficient (Wildman–Crippen LogP) is 3.51. The summed E-state index contributed by atoms with van der Waals surface area (Å²) in [6.07, 6.45) is 0. The zero-order chi connectivity index (χ0) is 10.3. The van der Waals surface area contributed by atoms with Crippen molar-refractivity contribution < 1.29 is 0 Å². The minimum absolute atomic E-state index is 0.253. The van der Waals surface area contributed by atoms with Crippen LogP contribution in [0.2, 0.25) is 0 Å². The van der Waals surface area contributed by atoms with Gasteiger partial charge in [-0.1, -0.05) is 39.8 Å².